The molecule has 2 aliphatic rings. The quantitative estimate of drug-likeness (QED) is 0.858. The topological polar surface area (TPSA) is 70.7 Å². The Hall–Kier alpha value is -2.01. The van der Waals surface area contributed by atoms with Crippen molar-refractivity contribution in [2.45, 2.75) is 44.2 Å². The molecule has 2 aromatic heterocycles. The van der Waals surface area contributed by atoms with E-state index >= 15 is 0 Å². The molecular weight excluding hydrogens is 276 g/mol. The van der Waals surface area contributed by atoms with Gasteiger partial charge in [0, 0.05) is 37.0 Å². The minimum atomic E-state index is -0.0435. The largest absolute Gasteiger partial charge is 0.310 e. The molecule has 2 fully saturated rings. The third-order valence-corrected chi connectivity index (χ3v) is 4.42. The van der Waals surface area contributed by atoms with E-state index in [1.54, 1.807) is 12.3 Å². The van der Waals surface area contributed by atoms with Crippen LogP contribution in [0.2, 0.25) is 0 Å². The van der Waals surface area contributed by atoms with E-state index < -0.39 is 0 Å². The molecule has 0 saturated heterocycles. The minimum absolute atomic E-state index is 0.0435. The lowest BCUT2D eigenvalue weighted by Crippen LogP contribution is -2.25. The highest BCUT2D eigenvalue weighted by atomic mass is 16.1. The molecule has 2 heterocycles. The summed E-state index contributed by atoms with van der Waals surface area (Å²) in [6.07, 6.45) is 8.51. The third-order valence-electron chi connectivity index (χ3n) is 4.42. The molecule has 0 bridgehead atoms. The maximum absolute atomic E-state index is 11.8. The van der Waals surface area contributed by atoms with E-state index in [1.807, 2.05) is 12.3 Å². The van der Waals surface area contributed by atoms with E-state index in [-0.39, 0.29) is 5.56 Å². The van der Waals surface area contributed by atoms with Gasteiger partial charge in [-0.15, -0.1) is 0 Å². The number of aromatic nitrogens is 3. The molecule has 2 saturated carbocycles. The smallest absolute Gasteiger partial charge is 0.251 e. The van der Waals surface area contributed by atoms with Crippen molar-refractivity contribution in [3.63, 3.8) is 0 Å². The van der Waals surface area contributed by atoms with E-state index in [9.17, 15) is 4.79 Å². The van der Waals surface area contributed by atoms with Gasteiger partial charge in [0.15, 0.2) is 0 Å². The summed E-state index contributed by atoms with van der Waals surface area (Å²) in [5.41, 5.74) is 2.01. The Morgan fingerprint density at radius 3 is 2.86 bits per heavy atom. The van der Waals surface area contributed by atoms with E-state index in [2.05, 4.69) is 26.3 Å². The fraction of sp³-hybridized carbons (Fsp3) is 0.471. The molecule has 2 aromatic rings. The van der Waals surface area contributed by atoms with Crippen LogP contribution in [0.4, 0.5) is 0 Å². The Bertz CT molecular complexity index is 704. The maximum Gasteiger partial charge on any atom is 0.251 e. The van der Waals surface area contributed by atoms with Gasteiger partial charge < -0.3 is 10.3 Å². The summed E-state index contributed by atoms with van der Waals surface area (Å²) < 4.78 is 0. The Morgan fingerprint density at radius 2 is 2.18 bits per heavy atom. The lowest BCUT2D eigenvalue weighted by Gasteiger charge is -2.18. The molecule has 0 aliphatic heterocycles. The number of pyridine rings is 1. The van der Waals surface area contributed by atoms with E-state index in [4.69, 9.17) is 0 Å². The van der Waals surface area contributed by atoms with Crippen LogP contribution in [0.15, 0.2) is 35.4 Å². The molecular formula is C17H20N4O. The minimum Gasteiger partial charge on any atom is -0.310 e. The molecule has 2 aliphatic carbocycles. The van der Waals surface area contributed by atoms with Crippen LogP contribution in [0, 0.1) is 5.92 Å². The van der Waals surface area contributed by atoms with Gasteiger partial charge in [0.1, 0.15) is 5.82 Å². The standard InChI is InChI=1S/C17H20N4O/c22-15-8-14(20-17(21-15)12-5-6-12)10-19-16(11-3-4-11)13-2-1-7-18-9-13/h1-2,7-9,11-12,16,19H,3-6,10H2,(H,20,21,22). The Kier molecular flexibility index (Phi) is 3.50. The molecule has 4 rings (SSSR count). The van der Waals surface area contributed by atoms with Crippen LogP contribution in [-0.4, -0.2) is 15.0 Å². The molecule has 2 N–H and O–H groups in total. The lowest BCUT2D eigenvalue weighted by atomic mass is 10.0. The summed E-state index contributed by atoms with van der Waals surface area (Å²) in [5.74, 6) is 1.99. The summed E-state index contributed by atoms with van der Waals surface area (Å²) >= 11 is 0. The number of nitrogens with zero attached hydrogens (tertiary/aromatic N) is 2. The first kappa shape index (κ1) is 13.6. The predicted molar refractivity (Wildman–Crippen MR) is 83.4 cm³/mol. The molecule has 1 unspecified atom stereocenters. The number of rotatable bonds is 6. The van der Waals surface area contributed by atoms with Crippen LogP contribution >= 0.6 is 0 Å². The molecule has 5 nitrogen and oxygen atoms in total. The zero-order valence-corrected chi connectivity index (χ0v) is 12.5. The highest BCUT2D eigenvalue weighted by Crippen LogP contribution is 2.41. The van der Waals surface area contributed by atoms with Crippen molar-refractivity contribution < 1.29 is 0 Å². The first-order chi connectivity index (χ1) is 10.8. The zero-order chi connectivity index (χ0) is 14.9. The second kappa shape index (κ2) is 5.65. The molecule has 0 aromatic carbocycles. The molecule has 0 spiro atoms. The monoisotopic (exact) mass is 296 g/mol. The van der Waals surface area contributed by atoms with Crippen molar-refractivity contribution in [2.24, 2.45) is 5.92 Å². The van der Waals surface area contributed by atoms with Gasteiger partial charge in [0.25, 0.3) is 5.56 Å². The van der Waals surface area contributed by atoms with E-state index in [1.165, 1.54) is 18.4 Å². The Morgan fingerprint density at radius 1 is 1.32 bits per heavy atom. The fourth-order valence-corrected chi connectivity index (χ4v) is 2.93. The normalized spacial score (nSPS) is 19.1. The molecule has 0 radical (unpaired) electrons. The first-order valence-electron chi connectivity index (χ1n) is 8.03. The van der Waals surface area contributed by atoms with Crippen LogP contribution in [0.5, 0.6) is 0 Å². The number of aromatic amines is 1. The maximum atomic E-state index is 11.8. The zero-order valence-electron chi connectivity index (χ0n) is 12.5. The van der Waals surface area contributed by atoms with Crippen LogP contribution in [0.1, 0.15) is 54.7 Å². The molecule has 0 amide bonds. The highest BCUT2D eigenvalue weighted by Gasteiger charge is 2.32. The molecule has 5 heteroatoms. The average Bonchev–Trinajstić information content (AvgIpc) is 3.39. The van der Waals surface area contributed by atoms with Gasteiger partial charge in [-0.05, 0) is 43.2 Å². The molecule has 114 valence electrons. The SMILES string of the molecule is O=c1cc(CNC(c2cccnc2)C2CC2)nc(C2CC2)[nH]1. The second-order valence-electron chi connectivity index (χ2n) is 6.38. The molecule has 1 atom stereocenters. The van der Waals surface area contributed by atoms with E-state index in [0.29, 0.717) is 24.4 Å². The van der Waals surface area contributed by atoms with Gasteiger partial charge in [-0.1, -0.05) is 6.07 Å². The number of nitrogens with one attached hydrogen (secondary N) is 2. The second-order valence-corrected chi connectivity index (χ2v) is 6.38. The Balaban J connectivity index is 1.50. The molecule has 22 heavy (non-hydrogen) atoms. The summed E-state index contributed by atoms with van der Waals surface area (Å²) in [5, 5.41) is 3.57. The van der Waals surface area contributed by atoms with Crippen molar-refractivity contribution >= 4 is 0 Å². The predicted octanol–water partition coefficient (Wildman–Crippen LogP) is 2.28. The van der Waals surface area contributed by atoms with E-state index in [0.717, 1.165) is 24.4 Å². The summed E-state index contributed by atoms with van der Waals surface area (Å²) in [6, 6.07) is 6.00. The number of hydrogen-bond donors (Lipinski definition) is 2. The van der Waals surface area contributed by atoms with Gasteiger partial charge in [0.05, 0.1) is 5.69 Å². The van der Waals surface area contributed by atoms with Crippen molar-refractivity contribution in [2.75, 3.05) is 0 Å². The van der Waals surface area contributed by atoms with Crippen LogP contribution in [0.25, 0.3) is 0 Å². The highest BCUT2D eigenvalue weighted by molar-refractivity contribution is 5.17. The van der Waals surface area contributed by atoms with Crippen molar-refractivity contribution in [1.82, 2.24) is 20.3 Å². The van der Waals surface area contributed by atoms with Gasteiger partial charge >= 0.3 is 0 Å². The van der Waals surface area contributed by atoms with Crippen LogP contribution in [-0.2, 0) is 6.54 Å². The van der Waals surface area contributed by atoms with Crippen LogP contribution in [0.3, 0.4) is 0 Å². The van der Waals surface area contributed by atoms with Gasteiger partial charge in [-0.25, -0.2) is 4.98 Å². The third kappa shape index (κ3) is 3.09. The first-order valence-corrected chi connectivity index (χ1v) is 8.03. The van der Waals surface area contributed by atoms with Gasteiger partial charge in [-0.3, -0.25) is 9.78 Å². The summed E-state index contributed by atoms with van der Waals surface area (Å²) in [4.78, 5) is 23.5. The van der Waals surface area contributed by atoms with Crippen molar-refractivity contribution in [3.05, 3.63) is 58.0 Å². The number of H-pyrrole nitrogens is 1. The van der Waals surface area contributed by atoms with Crippen molar-refractivity contribution in [1.29, 1.82) is 0 Å². The van der Waals surface area contributed by atoms with Crippen LogP contribution < -0.4 is 10.9 Å². The van der Waals surface area contributed by atoms with Gasteiger partial charge in [-0.2, -0.15) is 0 Å². The summed E-state index contributed by atoms with van der Waals surface area (Å²) in [7, 11) is 0. The number of hydrogen-bond acceptors (Lipinski definition) is 4. The fourth-order valence-electron chi connectivity index (χ4n) is 2.93. The summed E-state index contributed by atoms with van der Waals surface area (Å²) in [6.45, 7) is 0.625. The Labute approximate surface area is 129 Å². The average molecular weight is 296 g/mol. The van der Waals surface area contributed by atoms with Gasteiger partial charge in [0.2, 0.25) is 0 Å². The lowest BCUT2D eigenvalue weighted by molar-refractivity contribution is 0.474. The van der Waals surface area contributed by atoms with Crippen molar-refractivity contribution in [3.8, 4) is 0 Å².